The van der Waals surface area contributed by atoms with Crippen LogP contribution in [0.1, 0.15) is 71.1 Å². The fourth-order valence-corrected chi connectivity index (χ4v) is 2.90. The van der Waals surface area contributed by atoms with E-state index in [1.54, 1.807) is 0 Å². The standard InChI is InChI=1S/C18H34O7/c1-2-3-4-5-6-7-8-9-10-11-14(19)24-12-13-15(20)16(21)17(22)18(23)25-13/h13,15-18,20-23H,2-12H2,1H3/t13-,15+,16+,17-,18+/m1/s1. The Morgan fingerprint density at radius 3 is 2.00 bits per heavy atom. The van der Waals surface area contributed by atoms with Crippen LogP contribution in [0.15, 0.2) is 0 Å². The molecule has 1 saturated heterocycles. The molecule has 0 saturated carbocycles. The first-order chi connectivity index (χ1) is 12.0. The van der Waals surface area contributed by atoms with E-state index in [0.717, 1.165) is 19.3 Å². The van der Waals surface area contributed by atoms with Crippen molar-refractivity contribution in [2.24, 2.45) is 0 Å². The summed E-state index contributed by atoms with van der Waals surface area (Å²) in [7, 11) is 0. The molecule has 0 amide bonds. The highest BCUT2D eigenvalue weighted by Gasteiger charge is 2.43. The molecular formula is C18H34O7. The average molecular weight is 362 g/mol. The predicted octanol–water partition coefficient (Wildman–Crippen LogP) is 1.25. The van der Waals surface area contributed by atoms with E-state index >= 15 is 0 Å². The van der Waals surface area contributed by atoms with Crippen LogP contribution in [0.25, 0.3) is 0 Å². The van der Waals surface area contributed by atoms with Crippen LogP contribution in [0.3, 0.4) is 0 Å². The number of hydrogen-bond donors (Lipinski definition) is 4. The zero-order chi connectivity index (χ0) is 18.7. The molecule has 1 fully saturated rings. The molecule has 1 aliphatic heterocycles. The normalized spacial score (nSPS) is 29.6. The van der Waals surface area contributed by atoms with Gasteiger partial charge in [0.25, 0.3) is 0 Å². The monoisotopic (exact) mass is 362 g/mol. The van der Waals surface area contributed by atoms with Gasteiger partial charge in [0.2, 0.25) is 0 Å². The minimum absolute atomic E-state index is 0.266. The lowest BCUT2D eigenvalue weighted by molar-refractivity contribution is -0.287. The third kappa shape index (κ3) is 8.46. The van der Waals surface area contributed by atoms with Crippen molar-refractivity contribution in [2.75, 3.05) is 6.61 Å². The number of esters is 1. The minimum atomic E-state index is -1.61. The minimum Gasteiger partial charge on any atom is -0.463 e. The van der Waals surface area contributed by atoms with E-state index in [4.69, 9.17) is 9.47 Å². The molecule has 0 aromatic rings. The van der Waals surface area contributed by atoms with E-state index < -0.39 is 36.7 Å². The van der Waals surface area contributed by atoms with Crippen molar-refractivity contribution in [1.82, 2.24) is 0 Å². The molecule has 4 N–H and O–H groups in total. The average Bonchev–Trinajstić information content (AvgIpc) is 2.60. The molecule has 7 nitrogen and oxygen atoms in total. The van der Waals surface area contributed by atoms with E-state index in [1.807, 2.05) is 0 Å². The van der Waals surface area contributed by atoms with E-state index in [-0.39, 0.29) is 6.61 Å². The zero-order valence-corrected chi connectivity index (χ0v) is 15.2. The van der Waals surface area contributed by atoms with Crippen LogP contribution in [-0.2, 0) is 14.3 Å². The van der Waals surface area contributed by atoms with Gasteiger partial charge >= 0.3 is 5.97 Å². The van der Waals surface area contributed by atoms with Gasteiger partial charge in [-0.25, -0.2) is 0 Å². The Hall–Kier alpha value is -0.730. The first kappa shape index (κ1) is 22.3. The molecule has 0 aromatic carbocycles. The Labute approximate surface area is 150 Å². The molecule has 5 atom stereocenters. The Balaban J connectivity index is 2.05. The number of carbonyl (C=O) groups is 1. The topological polar surface area (TPSA) is 116 Å². The van der Waals surface area contributed by atoms with Crippen LogP contribution in [-0.4, -0.2) is 63.7 Å². The maximum absolute atomic E-state index is 11.7. The van der Waals surface area contributed by atoms with Gasteiger partial charge in [0.1, 0.15) is 31.0 Å². The molecule has 0 spiro atoms. The lowest BCUT2D eigenvalue weighted by Crippen LogP contribution is -2.58. The highest BCUT2D eigenvalue weighted by molar-refractivity contribution is 5.69. The summed E-state index contributed by atoms with van der Waals surface area (Å²) in [5, 5.41) is 38.1. The molecule has 1 heterocycles. The molecule has 0 aliphatic carbocycles. The van der Waals surface area contributed by atoms with Gasteiger partial charge in [-0.05, 0) is 6.42 Å². The first-order valence-electron chi connectivity index (χ1n) is 9.50. The Kier molecular flexibility index (Phi) is 11.2. The number of hydrogen-bond acceptors (Lipinski definition) is 7. The van der Waals surface area contributed by atoms with Crippen molar-refractivity contribution < 1.29 is 34.7 Å². The molecule has 0 radical (unpaired) electrons. The molecule has 0 unspecified atom stereocenters. The highest BCUT2D eigenvalue weighted by Crippen LogP contribution is 2.20. The maximum Gasteiger partial charge on any atom is 0.305 e. The number of unbranched alkanes of at least 4 members (excludes halogenated alkanes) is 8. The second-order valence-corrected chi connectivity index (χ2v) is 6.80. The Morgan fingerprint density at radius 1 is 0.840 bits per heavy atom. The summed E-state index contributed by atoms with van der Waals surface area (Å²) in [6.07, 6.45) is 3.53. The summed E-state index contributed by atoms with van der Waals surface area (Å²) >= 11 is 0. The molecule has 1 aliphatic rings. The third-order valence-electron chi connectivity index (χ3n) is 4.58. The molecule has 0 aromatic heterocycles. The molecule has 0 bridgehead atoms. The predicted molar refractivity (Wildman–Crippen MR) is 91.7 cm³/mol. The second kappa shape index (κ2) is 12.6. The summed E-state index contributed by atoms with van der Waals surface area (Å²) in [5.41, 5.74) is 0. The largest absolute Gasteiger partial charge is 0.463 e. The summed E-state index contributed by atoms with van der Waals surface area (Å²) in [6, 6.07) is 0. The van der Waals surface area contributed by atoms with Gasteiger partial charge in [-0.2, -0.15) is 0 Å². The quantitative estimate of drug-likeness (QED) is 0.305. The molecule has 1 rings (SSSR count). The van der Waals surface area contributed by atoms with Crippen molar-refractivity contribution in [1.29, 1.82) is 0 Å². The van der Waals surface area contributed by atoms with Gasteiger partial charge < -0.3 is 29.9 Å². The van der Waals surface area contributed by atoms with Gasteiger partial charge in [-0.1, -0.05) is 58.3 Å². The zero-order valence-electron chi connectivity index (χ0n) is 15.2. The number of aliphatic hydroxyl groups is 4. The molecular weight excluding hydrogens is 328 g/mol. The summed E-state index contributed by atoms with van der Waals surface area (Å²) in [6.45, 7) is 1.94. The van der Waals surface area contributed by atoms with Crippen molar-refractivity contribution in [3.05, 3.63) is 0 Å². The summed E-state index contributed by atoms with van der Waals surface area (Å²) < 4.78 is 9.98. The SMILES string of the molecule is CCCCCCCCCCCC(=O)OC[C@H]1O[C@H](O)[C@H](O)[C@@H](O)[C@H]1O. The first-order valence-corrected chi connectivity index (χ1v) is 9.50. The third-order valence-corrected chi connectivity index (χ3v) is 4.58. The number of ether oxygens (including phenoxy) is 2. The Bertz CT molecular complexity index is 363. The van der Waals surface area contributed by atoms with E-state index in [0.29, 0.717) is 6.42 Å². The van der Waals surface area contributed by atoms with Crippen molar-refractivity contribution >= 4 is 5.97 Å². The van der Waals surface area contributed by atoms with Crippen molar-refractivity contribution in [2.45, 2.75) is 102 Å². The van der Waals surface area contributed by atoms with Crippen LogP contribution >= 0.6 is 0 Å². The van der Waals surface area contributed by atoms with Gasteiger partial charge in [-0.3, -0.25) is 4.79 Å². The lowest BCUT2D eigenvalue weighted by Gasteiger charge is -2.37. The van der Waals surface area contributed by atoms with Crippen molar-refractivity contribution in [3.63, 3.8) is 0 Å². The summed E-state index contributed by atoms with van der Waals surface area (Å²) in [4.78, 5) is 11.7. The highest BCUT2D eigenvalue weighted by atomic mass is 16.6. The van der Waals surface area contributed by atoms with Crippen LogP contribution < -0.4 is 0 Å². The maximum atomic E-state index is 11.7. The van der Waals surface area contributed by atoms with Crippen LogP contribution in [0.5, 0.6) is 0 Å². The number of carbonyl (C=O) groups excluding carboxylic acids is 1. The summed E-state index contributed by atoms with van der Waals surface area (Å²) in [5.74, 6) is -0.395. The van der Waals surface area contributed by atoms with E-state index in [9.17, 15) is 25.2 Å². The molecule has 25 heavy (non-hydrogen) atoms. The number of aliphatic hydroxyl groups excluding tert-OH is 4. The van der Waals surface area contributed by atoms with E-state index in [1.165, 1.54) is 38.5 Å². The van der Waals surface area contributed by atoms with Crippen LogP contribution in [0.4, 0.5) is 0 Å². The second-order valence-electron chi connectivity index (χ2n) is 6.80. The Morgan fingerprint density at radius 2 is 1.40 bits per heavy atom. The lowest BCUT2D eigenvalue weighted by atomic mass is 9.99. The fraction of sp³-hybridized carbons (Fsp3) is 0.944. The van der Waals surface area contributed by atoms with Gasteiger partial charge in [0.15, 0.2) is 6.29 Å². The fourth-order valence-electron chi connectivity index (χ4n) is 2.90. The van der Waals surface area contributed by atoms with E-state index in [2.05, 4.69) is 6.92 Å². The number of rotatable bonds is 12. The van der Waals surface area contributed by atoms with Gasteiger partial charge in [-0.15, -0.1) is 0 Å². The van der Waals surface area contributed by atoms with Crippen LogP contribution in [0, 0.1) is 0 Å². The van der Waals surface area contributed by atoms with Gasteiger partial charge in [0.05, 0.1) is 0 Å². The van der Waals surface area contributed by atoms with Crippen LogP contribution in [0.2, 0.25) is 0 Å². The molecule has 7 heteroatoms. The molecule has 148 valence electrons. The van der Waals surface area contributed by atoms with Crippen molar-refractivity contribution in [3.8, 4) is 0 Å². The van der Waals surface area contributed by atoms with Gasteiger partial charge in [0, 0.05) is 6.42 Å². The smallest absolute Gasteiger partial charge is 0.305 e.